The van der Waals surface area contributed by atoms with E-state index in [-0.39, 0.29) is 30.2 Å². The first-order valence-electron chi connectivity index (χ1n) is 7.58. The molecule has 0 radical (unpaired) electrons. The maximum absolute atomic E-state index is 12.3. The molecule has 0 saturated heterocycles. The molecular weight excluding hydrogens is 328 g/mol. The smallest absolute Gasteiger partial charge is 0.170 e. The average molecular weight is 347 g/mol. The van der Waals surface area contributed by atoms with Gasteiger partial charge in [-0.05, 0) is 42.7 Å². The number of aromatic hydroxyl groups is 1. The summed E-state index contributed by atoms with van der Waals surface area (Å²) in [5, 5.41) is 10.1. The van der Waals surface area contributed by atoms with Gasteiger partial charge in [0.15, 0.2) is 17.3 Å². The maximum atomic E-state index is 12.3. The number of benzene rings is 2. The predicted molar refractivity (Wildman–Crippen MR) is 93.1 cm³/mol. The molecule has 0 unspecified atom stereocenters. The molecule has 0 saturated carbocycles. The minimum Gasteiger partial charge on any atom is -0.504 e. The number of methoxy groups -OCH3 is 1. The topological polar surface area (TPSA) is 63.6 Å². The molecule has 0 amide bonds. The highest BCUT2D eigenvalue weighted by molar-refractivity contribution is 6.32. The molecule has 0 bridgehead atoms. The van der Waals surface area contributed by atoms with Crippen LogP contribution in [0.4, 0.5) is 0 Å². The normalized spacial score (nSPS) is 10.5. The summed E-state index contributed by atoms with van der Waals surface area (Å²) in [6, 6.07) is 10.0. The van der Waals surface area contributed by atoms with Crippen molar-refractivity contribution >= 4 is 23.2 Å². The van der Waals surface area contributed by atoms with Crippen LogP contribution in [0, 0.1) is 6.92 Å². The van der Waals surface area contributed by atoms with Crippen molar-refractivity contribution in [3.05, 3.63) is 58.1 Å². The highest BCUT2D eigenvalue weighted by Gasteiger charge is 2.15. The Balaban J connectivity index is 1.96. The second-order valence-electron chi connectivity index (χ2n) is 5.56. The van der Waals surface area contributed by atoms with Crippen LogP contribution in [0.25, 0.3) is 0 Å². The molecule has 1 N–H and O–H groups in total. The minimum absolute atomic E-state index is 0.0548. The largest absolute Gasteiger partial charge is 0.504 e. The number of Topliss-reactive ketones (excluding diaryl/α,β-unsaturated/α-hetero) is 2. The lowest BCUT2D eigenvalue weighted by molar-refractivity contribution is -0.118. The van der Waals surface area contributed by atoms with Gasteiger partial charge in [0.1, 0.15) is 5.78 Å². The molecule has 2 rings (SSSR count). The van der Waals surface area contributed by atoms with Crippen molar-refractivity contribution in [2.45, 2.75) is 26.2 Å². The molecule has 5 heteroatoms. The van der Waals surface area contributed by atoms with Crippen molar-refractivity contribution < 1.29 is 19.4 Å². The first-order chi connectivity index (χ1) is 11.4. The Morgan fingerprint density at radius 1 is 1.21 bits per heavy atom. The fraction of sp³-hybridized carbons (Fsp3) is 0.263. The van der Waals surface area contributed by atoms with E-state index in [2.05, 4.69) is 0 Å². The van der Waals surface area contributed by atoms with Crippen molar-refractivity contribution in [1.29, 1.82) is 0 Å². The molecule has 4 nitrogen and oxygen atoms in total. The van der Waals surface area contributed by atoms with E-state index in [1.807, 2.05) is 0 Å². The Labute approximate surface area is 146 Å². The third kappa shape index (κ3) is 4.36. The molecule has 0 fully saturated rings. The second kappa shape index (κ2) is 7.97. The number of rotatable bonds is 7. The number of hydrogen-bond acceptors (Lipinski definition) is 4. The van der Waals surface area contributed by atoms with Gasteiger partial charge in [-0.15, -0.1) is 0 Å². The monoisotopic (exact) mass is 346 g/mol. The fourth-order valence-electron chi connectivity index (χ4n) is 2.43. The zero-order chi connectivity index (χ0) is 17.7. The number of hydrogen-bond donors (Lipinski definition) is 1. The molecule has 0 aliphatic rings. The molecule has 0 aliphatic heterocycles. The second-order valence-corrected chi connectivity index (χ2v) is 5.96. The van der Waals surface area contributed by atoms with Gasteiger partial charge in [-0.25, -0.2) is 0 Å². The Kier molecular flexibility index (Phi) is 5.99. The molecule has 126 valence electrons. The van der Waals surface area contributed by atoms with E-state index in [1.165, 1.54) is 13.2 Å². The van der Waals surface area contributed by atoms with Gasteiger partial charge in [-0.3, -0.25) is 9.59 Å². The highest BCUT2D eigenvalue weighted by Crippen LogP contribution is 2.27. The van der Waals surface area contributed by atoms with Crippen LogP contribution in [0.15, 0.2) is 36.4 Å². The highest BCUT2D eigenvalue weighted by atomic mass is 35.5. The standard InChI is InChI=1S/C19H19ClO4/c1-12-15(4-3-5-16(12)20)18(23)11-14(21)8-6-13-7-9-17(22)19(10-13)24-2/h3-5,7,9-10,22H,6,8,11H2,1-2H3. The summed E-state index contributed by atoms with van der Waals surface area (Å²) < 4.78 is 5.04. The van der Waals surface area contributed by atoms with Gasteiger partial charge in [0.2, 0.25) is 0 Å². The summed E-state index contributed by atoms with van der Waals surface area (Å²) >= 11 is 6.01. The van der Waals surface area contributed by atoms with Crippen LogP contribution in [-0.2, 0) is 11.2 Å². The van der Waals surface area contributed by atoms with E-state index in [4.69, 9.17) is 16.3 Å². The van der Waals surface area contributed by atoms with E-state index in [0.717, 1.165) is 5.56 Å². The summed E-state index contributed by atoms with van der Waals surface area (Å²) in [6.45, 7) is 1.77. The van der Waals surface area contributed by atoms with Gasteiger partial charge in [-0.2, -0.15) is 0 Å². The van der Waals surface area contributed by atoms with Gasteiger partial charge in [0.25, 0.3) is 0 Å². The number of ketones is 2. The lowest BCUT2D eigenvalue weighted by atomic mass is 9.98. The summed E-state index contributed by atoms with van der Waals surface area (Å²) in [5.74, 6) is 0.0690. The van der Waals surface area contributed by atoms with Gasteiger partial charge in [-0.1, -0.05) is 29.8 Å². The summed E-state index contributed by atoms with van der Waals surface area (Å²) in [6.07, 6.45) is 0.590. The van der Waals surface area contributed by atoms with Crippen LogP contribution >= 0.6 is 11.6 Å². The van der Waals surface area contributed by atoms with E-state index in [1.54, 1.807) is 37.3 Å². The van der Waals surface area contributed by atoms with Crippen LogP contribution < -0.4 is 4.74 Å². The SMILES string of the molecule is COc1cc(CCC(=O)CC(=O)c2cccc(Cl)c2C)ccc1O. The summed E-state index contributed by atoms with van der Waals surface area (Å²) in [4.78, 5) is 24.3. The minimum atomic E-state index is -0.219. The van der Waals surface area contributed by atoms with Crippen molar-refractivity contribution in [2.24, 2.45) is 0 Å². The number of halogens is 1. The van der Waals surface area contributed by atoms with Gasteiger partial charge < -0.3 is 9.84 Å². The van der Waals surface area contributed by atoms with Gasteiger partial charge in [0, 0.05) is 17.0 Å². The molecule has 24 heavy (non-hydrogen) atoms. The van der Waals surface area contributed by atoms with Crippen LogP contribution in [0.3, 0.4) is 0 Å². The molecule has 0 aliphatic carbocycles. The maximum Gasteiger partial charge on any atom is 0.170 e. The Morgan fingerprint density at radius 2 is 1.96 bits per heavy atom. The Hall–Kier alpha value is -2.33. The van der Waals surface area contributed by atoms with Gasteiger partial charge in [0.05, 0.1) is 13.5 Å². The average Bonchev–Trinajstić information content (AvgIpc) is 2.56. The predicted octanol–water partition coefficient (Wildman–Crippen LogP) is 4.14. The van der Waals surface area contributed by atoms with Crippen molar-refractivity contribution in [1.82, 2.24) is 0 Å². The van der Waals surface area contributed by atoms with Crippen LogP contribution in [-0.4, -0.2) is 23.8 Å². The molecule has 2 aromatic carbocycles. The van der Waals surface area contributed by atoms with Crippen LogP contribution in [0.5, 0.6) is 11.5 Å². The fourth-order valence-corrected chi connectivity index (χ4v) is 2.61. The molecule has 0 heterocycles. The zero-order valence-electron chi connectivity index (χ0n) is 13.6. The van der Waals surface area contributed by atoms with Crippen molar-refractivity contribution in [3.63, 3.8) is 0 Å². The Morgan fingerprint density at radius 3 is 2.67 bits per heavy atom. The summed E-state index contributed by atoms with van der Waals surface area (Å²) in [7, 11) is 1.47. The third-order valence-electron chi connectivity index (χ3n) is 3.86. The lowest BCUT2D eigenvalue weighted by Gasteiger charge is -2.07. The van der Waals surface area contributed by atoms with E-state index in [9.17, 15) is 14.7 Å². The zero-order valence-corrected chi connectivity index (χ0v) is 14.4. The Bertz CT molecular complexity index is 768. The summed E-state index contributed by atoms with van der Waals surface area (Å²) in [5.41, 5.74) is 2.05. The number of carbonyl (C=O) groups is 2. The molecule has 0 spiro atoms. The number of phenols is 1. The van der Waals surface area contributed by atoms with Crippen LogP contribution in [0.2, 0.25) is 5.02 Å². The molecule has 0 atom stereocenters. The molecule has 0 aromatic heterocycles. The first-order valence-corrected chi connectivity index (χ1v) is 7.96. The van der Waals surface area contributed by atoms with Gasteiger partial charge >= 0.3 is 0 Å². The van der Waals surface area contributed by atoms with Crippen LogP contribution in [0.1, 0.15) is 34.3 Å². The number of aryl methyl sites for hydroxylation is 1. The van der Waals surface area contributed by atoms with Crippen molar-refractivity contribution in [2.75, 3.05) is 7.11 Å². The van der Waals surface area contributed by atoms with E-state index >= 15 is 0 Å². The first kappa shape index (κ1) is 18.0. The third-order valence-corrected chi connectivity index (χ3v) is 4.27. The van der Waals surface area contributed by atoms with E-state index < -0.39 is 0 Å². The van der Waals surface area contributed by atoms with Crippen molar-refractivity contribution in [3.8, 4) is 11.5 Å². The quantitative estimate of drug-likeness (QED) is 0.604. The van der Waals surface area contributed by atoms with E-state index in [0.29, 0.717) is 28.3 Å². The number of carbonyl (C=O) groups excluding carboxylic acids is 2. The molecular formula is C19H19ClO4. The number of ether oxygens (including phenoxy) is 1. The number of phenolic OH excluding ortho intramolecular Hbond substituents is 1. The lowest BCUT2D eigenvalue weighted by Crippen LogP contribution is -2.10. The molecule has 2 aromatic rings.